The van der Waals surface area contributed by atoms with E-state index in [1.807, 2.05) is 79.7 Å². The van der Waals surface area contributed by atoms with E-state index in [4.69, 9.17) is 4.74 Å². The summed E-state index contributed by atoms with van der Waals surface area (Å²) in [6.07, 6.45) is 1.48. The van der Waals surface area contributed by atoms with Crippen LogP contribution in [0.25, 0.3) is 11.1 Å². The number of nitrogens with one attached hydrogen (secondary N) is 1. The number of carbonyl (C=O) groups is 3. The van der Waals surface area contributed by atoms with Gasteiger partial charge in [-0.15, -0.1) is 0 Å². The summed E-state index contributed by atoms with van der Waals surface area (Å²) in [5, 5.41) is 14.1. The van der Waals surface area contributed by atoms with E-state index in [-0.39, 0.29) is 18.5 Å². The minimum absolute atomic E-state index is 0.111. The van der Waals surface area contributed by atoms with Crippen molar-refractivity contribution in [2.75, 3.05) is 11.4 Å². The number of aliphatic hydroxyl groups is 1. The number of hydrogen-bond acceptors (Lipinski definition) is 6. The third-order valence-corrected chi connectivity index (χ3v) is 8.13. The number of carbonyl (C=O) groups excluding carboxylic acids is 3. The number of pyridine rings is 1. The van der Waals surface area contributed by atoms with Crippen molar-refractivity contribution in [2.45, 2.75) is 70.4 Å². The fraction of sp³-hybridized carbons (Fsp3) is 0.316. The molecule has 0 spiro atoms. The van der Waals surface area contributed by atoms with E-state index in [2.05, 4.69) is 10.3 Å². The van der Waals surface area contributed by atoms with Crippen molar-refractivity contribution in [2.24, 2.45) is 0 Å². The molecule has 1 fully saturated rings. The van der Waals surface area contributed by atoms with E-state index in [0.29, 0.717) is 5.69 Å². The molecule has 5 rings (SSSR count). The average molecular weight is 653 g/mol. The predicted molar refractivity (Wildman–Crippen MR) is 181 cm³/mol. The molecule has 2 N–H and O–H groups in total. The van der Waals surface area contributed by atoms with Crippen molar-refractivity contribution in [1.82, 2.24) is 15.2 Å². The van der Waals surface area contributed by atoms with Crippen LogP contribution in [0.1, 0.15) is 64.3 Å². The zero-order chi connectivity index (χ0) is 34.6. The number of nitrogens with zero attached hydrogens (tertiary/aromatic N) is 3. The Morgan fingerprint density at radius 2 is 1.56 bits per heavy atom. The number of ether oxygens (including phenoxy) is 1. The molecule has 4 aromatic rings. The van der Waals surface area contributed by atoms with E-state index >= 15 is 0 Å². The SMILES string of the molecule is C[C@H](NC(=O)[C@@H](c1cncc(F)c1)N(C(=O)[C@H]1C[C@@](C)(O)CN1C(=O)OC(C)(C)C)c1ccc(-c2ccccc2)cc1)c1ccccc1. The fourth-order valence-electron chi connectivity index (χ4n) is 5.92. The average Bonchev–Trinajstić information content (AvgIpc) is 3.39. The second-order valence-corrected chi connectivity index (χ2v) is 13.4. The van der Waals surface area contributed by atoms with E-state index in [9.17, 15) is 23.9 Å². The van der Waals surface area contributed by atoms with Gasteiger partial charge in [0.15, 0.2) is 0 Å². The molecular weight excluding hydrogens is 611 g/mol. The first-order valence-corrected chi connectivity index (χ1v) is 15.9. The fourth-order valence-corrected chi connectivity index (χ4v) is 5.92. The number of halogens is 1. The van der Waals surface area contributed by atoms with Crippen molar-refractivity contribution in [3.8, 4) is 11.1 Å². The van der Waals surface area contributed by atoms with Crippen LogP contribution in [0.5, 0.6) is 0 Å². The maximum absolute atomic E-state index is 14.9. The Kier molecular flexibility index (Phi) is 9.95. The van der Waals surface area contributed by atoms with Crippen LogP contribution >= 0.6 is 0 Å². The van der Waals surface area contributed by atoms with Gasteiger partial charge in [0.2, 0.25) is 5.91 Å². The number of benzene rings is 3. The van der Waals surface area contributed by atoms with Crippen LogP contribution in [-0.4, -0.2) is 56.7 Å². The van der Waals surface area contributed by atoms with E-state index < -0.39 is 53.1 Å². The van der Waals surface area contributed by atoms with E-state index in [1.165, 1.54) is 22.1 Å². The minimum Gasteiger partial charge on any atom is -0.444 e. The smallest absolute Gasteiger partial charge is 0.411 e. The molecule has 1 aromatic heterocycles. The standard InChI is InChI=1S/C38H41FN4O5/c1-25(26-12-8-6-9-13-26)41-34(44)33(29-20-30(39)23-40-22-29)43(31-18-16-28(17-19-31)27-14-10-7-11-15-27)35(45)32-21-38(5,47)24-42(32)36(46)48-37(2,3)4/h6-20,22-23,25,32-33,47H,21,24H2,1-5H3,(H,41,44)/t25-,32+,33+,38+/m0/s1. The van der Waals surface area contributed by atoms with Gasteiger partial charge in [0.1, 0.15) is 23.5 Å². The number of β-amino-alcohol motifs (C(OH)–C–C–N with tert-alkyl or cyclic N) is 1. The quantitative estimate of drug-likeness (QED) is 0.222. The molecule has 0 saturated carbocycles. The lowest BCUT2D eigenvalue weighted by Gasteiger charge is -2.36. The second-order valence-electron chi connectivity index (χ2n) is 13.4. The highest BCUT2D eigenvalue weighted by Crippen LogP contribution is 2.36. The molecule has 250 valence electrons. The van der Waals surface area contributed by atoms with Crippen LogP contribution in [-0.2, 0) is 14.3 Å². The Hall–Kier alpha value is -5.09. The van der Waals surface area contributed by atoms with Crippen molar-refractivity contribution in [1.29, 1.82) is 0 Å². The van der Waals surface area contributed by atoms with Crippen molar-refractivity contribution >= 4 is 23.6 Å². The third kappa shape index (κ3) is 8.06. The predicted octanol–water partition coefficient (Wildman–Crippen LogP) is 6.60. The molecule has 3 amide bonds. The first-order valence-electron chi connectivity index (χ1n) is 15.9. The van der Waals surface area contributed by atoms with Crippen molar-refractivity contribution in [3.63, 3.8) is 0 Å². The van der Waals surface area contributed by atoms with E-state index in [1.54, 1.807) is 39.8 Å². The Labute approximate surface area is 280 Å². The minimum atomic E-state index is -1.42. The number of amides is 3. The Morgan fingerprint density at radius 1 is 0.958 bits per heavy atom. The molecule has 0 aliphatic carbocycles. The summed E-state index contributed by atoms with van der Waals surface area (Å²) < 4.78 is 20.4. The first-order chi connectivity index (χ1) is 22.7. The van der Waals surface area contributed by atoms with Crippen LogP contribution in [0.15, 0.2) is 103 Å². The topological polar surface area (TPSA) is 112 Å². The van der Waals surface area contributed by atoms with Crippen LogP contribution in [0.2, 0.25) is 0 Å². The summed E-state index contributed by atoms with van der Waals surface area (Å²) >= 11 is 0. The highest BCUT2D eigenvalue weighted by atomic mass is 19.1. The highest BCUT2D eigenvalue weighted by molar-refractivity contribution is 6.05. The molecule has 0 radical (unpaired) electrons. The number of aromatic nitrogens is 1. The summed E-state index contributed by atoms with van der Waals surface area (Å²) in [6, 6.07) is 24.1. The van der Waals surface area contributed by atoms with Gasteiger partial charge in [-0.2, -0.15) is 0 Å². The van der Waals surface area contributed by atoms with Crippen molar-refractivity contribution in [3.05, 3.63) is 120 Å². The lowest BCUT2D eigenvalue weighted by molar-refractivity contribution is -0.129. The zero-order valence-electron chi connectivity index (χ0n) is 27.8. The first kappa shape index (κ1) is 34.3. The maximum atomic E-state index is 14.9. The van der Waals surface area contributed by atoms with Gasteiger partial charge in [0, 0.05) is 23.9 Å². The number of rotatable bonds is 8. The molecule has 9 nitrogen and oxygen atoms in total. The van der Waals surface area contributed by atoms with Crippen LogP contribution in [0.3, 0.4) is 0 Å². The van der Waals surface area contributed by atoms with Gasteiger partial charge in [-0.3, -0.25) is 24.4 Å². The number of likely N-dealkylation sites (tertiary alicyclic amines) is 1. The van der Waals surface area contributed by atoms with Gasteiger partial charge in [-0.05, 0) is 69.5 Å². The lowest BCUT2D eigenvalue weighted by atomic mass is 9.98. The molecule has 4 atom stereocenters. The molecule has 0 unspecified atom stereocenters. The van der Waals surface area contributed by atoms with Crippen LogP contribution < -0.4 is 10.2 Å². The van der Waals surface area contributed by atoms with Crippen LogP contribution in [0.4, 0.5) is 14.9 Å². The zero-order valence-corrected chi connectivity index (χ0v) is 27.8. The summed E-state index contributed by atoms with van der Waals surface area (Å²) in [5.41, 5.74) is 0.821. The third-order valence-electron chi connectivity index (χ3n) is 8.13. The monoisotopic (exact) mass is 652 g/mol. The lowest BCUT2D eigenvalue weighted by Crippen LogP contribution is -2.53. The molecule has 0 bridgehead atoms. The molecular formula is C38H41FN4O5. The van der Waals surface area contributed by atoms with Gasteiger partial charge in [-0.25, -0.2) is 9.18 Å². The van der Waals surface area contributed by atoms with Gasteiger partial charge in [0.25, 0.3) is 5.91 Å². The normalized spacial score (nSPS) is 18.9. The molecule has 1 aliphatic rings. The molecule has 3 aromatic carbocycles. The molecule has 1 saturated heterocycles. The summed E-state index contributed by atoms with van der Waals surface area (Å²) in [7, 11) is 0. The summed E-state index contributed by atoms with van der Waals surface area (Å²) in [5.74, 6) is -1.93. The van der Waals surface area contributed by atoms with Gasteiger partial charge in [-0.1, -0.05) is 72.8 Å². The molecule has 2 heterocycles. The summed E-state index contributed by atoms with van der Waals surface area (Å²) in [6.45, 7) is 8.32. The Bertz CT molecular complexity index is 1740. The van der Waals surface area contributed by atoms with Crippen LogP contribution in [0, 0.1) is 5.82 Å². The second kappa shape index (κ2) is 13.9. The Morgan fingerprint density at radius 3 is 2.17 bits per heavy atom. The van der Waals surface area contributed by atoms with Gasteiger partial charge >= 0.3 is 6.09 Å². The van der Waals surface area contributed by atoms with Gasteiger partial charge < -0.3 is 15.2 Å². The van der Waals surface area contributed by atoms with E-state index in [0.717, 1.165) is 22.9 Å². The number of hydrogen-bond donors (Lipinski definition) is 2. The van der Waals surface area contributed by atoms with Gasteiger partial charge in [0.05, 0.1) is 24.4 Å². The molecule has 48 heavy (non-hydrogen) atoms. The molecule has 1 aliphatic heterocycles. The maximum Gasteiger partial charge on any atom is 0.411 e. The Balaban J connectivity index is 1.63. The largest absolute Gasteiger partial charge is 0.444 e. The molecule has 10 heteroatoms. The number of anilines is 1. The highest BCUT2D eigenvalue weighted by Gasteiger charge is 2.50. The van der Waals surface area contributed by atoms with Crippen molar-refractivity contribution < 1.29 is 28.6 Å². The summed E-state index contributed by atoms with van der Waals surface area (Å²) in [4.78, 5) is 49.2.